The van der Waals surface area contributed by atoms with Crippen molar-refractivity contribution in [2.75, 3.05) is 0 Å². The van der Waals surface area contributed by atoms with Crippen molar-refractivity contribution in [3.05, 3.63) is 58.6 Å². The van der Waals surface area contributed by atoms with Gasteiger partial charge < -0.3 is 10.4 Å². The van der Waals surface area contributed by atoms with Crippen LogP contribution in [0.5, 0.6) is 0 Å². The monoisotopic (exact) mass is 431 g/mol. The standard InChI is InChI=1S/C19H18ClF4N3O2/c20-14-12(19(22,23)24)6-10-26-15(14)17(28)27-16(13-3-1-2-9-25-13)18(29)7-4-11(21)5-8-18/h1-3,6,9-11,16,29H,4-5,7-8H2,(H,27,28). The zero-order chi connectivity index (χ0) is 21.2. The van der Waals surface area contributed by atoms with E-state index in [2.05, 4.69) is 15.3 Å². The van der Waals surface area contributed by atoms with E-state index in [9.17, 15) is 27.5 Å². The van der Waals surface area contributed by atoms with Crippen LogP contribution in [-0.4, -0.2) is 32.8 Å². The molecule has 156 valence electrons. The Hall–Kier alpha value is -2.26. The predicted octanol–water partition coefficient (Wildman–Crippen LogP) is 4.26. The van der Waals surface area contributed by atoms with E-state index in [1.54, 1.807) is 18.2 Å². The Morgan fingerprint density at radius 1 is 1.21 bits per heavy atom. The predicted molar refractivity (Wildman–Crippen MR) is 97.0 cm³/mol. The SMILES string of the molecule is O=C(NC(c1ccccn1)C1(O)CCC(F)CC1)c1nccc(C(F)(F)F)c1Cl. The molecule has 1 saturated carbocycles. The molecular weight excluding hydrogens is 414 g/mol. The minimum absolute atomic E-state index is 0.0550. The van der Waals surface area contributed by atoms with E-state index < -0.39 is 46.2 Å². The average Bonchev–Trinajstić information content (AvgIpc) is 2.68. The number of pyridine rings is 2. The van der Waals surface area contributed by atoms with Crippen molar-refractivity contribution in [2.45, 2.75) is 49.7 Å². The summed E-state index contributed by atoms with van der Waals surface area (Å²) < 4.78 is 52.8. The molecule has 0 aromatic carbocycles. The van der Waals surface area contributed by atoms with Crippen LogP contribution < -0.4 is 5.32 Å². The number of rotatable bonds is 4. The number of nitrogens with zero attached hydrogens (tertiary/aromatic N) is 2. The fourth-order valence-corrected chi connectivity index (χ4v) is 3.73. The Balaban J connectivity index is 1.94. The molecule has 10 heteroatoms. The number of hydrogen-bond donors (Lipinski definition) is 2. The van der Waals surface area contributed by atoms with Gasteiger partial charge in [-0.1, -0.05) is 17.7 Å². The Morgan fingerprint density at radius 2 is 1.90 bits per heavy atom. The van der Waals surface area contributed by atoms with E-state index in [0.29, 0.717) is 11.8 Å². The van der Waals surface area contributed by atoms with Crippen LogP contribution in [0.3, 0.4) is 0 Å². The second-order valence-electron chi connectivity index (χ2n) is 6.96. The first kappa shape index (κ1) is 21.4. The number of aromatic nitrogens is 2. The molecule has 0 saturated heterocycles. The highest BCUT2D eigenvalue weighted by atomic mass is 35.5. The van der Waals surface area contributed by atoms with Gasteiger partial charge in [0.15, 0.2) is 0 Å². The molecule has 0 bridgehead atoms. The fourth-order valence-electron chi connectivity index (χ4n) is 3.42. The maximum atomic E-state index is 13.6. The van der Waals surface area contributed by atoms with Crippen molar-refractivity contribution < 1.29 is 27.5 Å². The van der Waals surface area contributed by atoms with Gasteiger partial charge in [-0.3, -0.25) is 9.78 Å². The molecule has 1 amide bonds. The normalized spacial score (nSPS) is 23.4. The van der Waals surface area contributed by atoms with Gasteiger partial charge in [0.05, 0.1) is 21.9 Å². The van der Waals surface area contributed by atoms with Crippen LogP contribution in [-0.2, 0) is 6.18 Å². The van der Waals surface area contributed by atoms with E-state index in [-0.39, 0.29) is 25.7 Å². The zero-order valence-corrected chi connectivity index (χ0v) is 15.8. The highest BCUT2D eigenvalue weighted by Crippen LogP contribution is 2.40. The van der Waals surface area contributed by atoms with E-state index in [1.165, 1.54) is 6.20 Å². The molecule has 2 aromatic rings. The summed E-state index contributed by atoms with van der Waals surface area (Å²) in [7, 11) is 0. The fraction of sp³-hybridized carbons (Fsp3) is 0.421. The number of carbonyl (C=O) groups is 1. The number of nitrogens with one attached hydrogen (secondary N) is 1. The third kappa shape index (κ3) is 4.67. The molecule has 1 unspecified atom stereocenters. The summed E-state index contributed by atoms with van der Waals surface area (Å²) >= 11 is 5.79. The molecule has 2 aromatic heterocycles. The van der Waals surface area contributed by atoms with E-state index in [4.69, 9.17) is 11.6 Å². The molecule has 2 N–H and O–H groups in total. The average molecular weight is 432 g/mol. The van der Waals surface area contributed by atoms with Crippen LogP contribution in [0.15, 0.2) is 36.7 Å². The quantitative estimate of drug-likeness (QED) is 0.709. The first-order valence-electron chi connectivity index (χ1n) is 8.92. The Morgan fingerprint density at radius 3 is 2.48 bits per heavy atom. The lowest BCUT2D eigenvalue weighted by molar-refractivity contribution is -0.137. The van der Waals surface area contributed by atoms with Crippen molar-refractivity contribution in [3.8, 4) is 0 Å². The molecular formula is C19H18ClF4N3O2. The van der Waals surface area contributed by atoms with Gasteiger partial charge in [-0.25, -0.2) is 9.37 Å². The topological polar surface area (TPSA) is 75.1 Å². The summed E-state index contributed by atoms with van der Waals surface area (Å²) in [5.74, 6) is -0.993. The molecule has 0 radical (unpaired) electrons. The lowest BCUT2D eigenvalue weighted by Gasteiger charge is -2.40. The number of hydrogen-bond acceptors (Lipinski definition) is 4. The van der Waals surface area contributed by atoms with Gasteiger partial charge in [0, 0.05) is 12.4 Å². The Labute approximate surface area is 169 Å². The van der Waals surface area contributed by atoms with Gasteiger partial charge in [-0.05, 0) is 43.9 Å². The molecule has 1 aliphatic rings. The van der Waals surface area contributed by atoms with Crippen LogP contribution in [0.1, 0.15) is 53.5 Å². The van der Waals surface area contributed by atoms with Crippen LogP contribution in [0.25, 0.3) is 0 Å². The molecule has 2 heterocycles. The van der Waals surface area contributed by atoms with Gasteiger partial charge in [-0.2, -0.15) is 13.2 Å². The van der Waals surface area contributed by atoms with Crippen LogP contribution in [0.2, 0.25) is 5.02 Å². The minimum Gasteiger partial charge on any atom is -0.387 e. The molecule has 0 spiro atoms. The van der Waals surface area contributed by atoms with E-state index >= 15 is 0 Å². The molecule has 0 aliphatic heterocycles. The molecule has 29 heavy (non-hydrogen) atoms. The second-order valence-corrected chi connectivity index (χ2v) is 7.34. The maximum absolute atomic E-state index is 13.6. The molecule has 5 nitrogen and oxygen atoms in total. The summed E-state index contributed by atoms with van der Waals surface area (Å²) in [4.78, 5) is 20.6. The lowest BCUT2D eigenvalue weighted by Crippen LogP contribution is -2.49. The summed E-state index contributed by atoms with van der Waals surface area (Å²) in [5.41, 5.74) is -3.03. The maximum Gasteiger partial charge on any atom is 0.417 e. The molecule has 3 rings (SSSR count). The summed E-state index contributed by atoms with van der Waals surface area (Å²) in [5, 5.41) is 12.8. The second kappa shape index (κ2) is 8.23. The van der Waals surface area contributed by atoms with Crippen molar-refractivity contribution >= 4 is 17.5 Å². The van der Waals surface area contributed by atoms with Crippen molar-refractivity contribution in [1.82, 2.24) is 15.3 Å². The van der Waals surface area contributed by atoms with Gasteiger partial charge in [-0.15, -0.1) is 0 Å². The number of alkyl halides is 4. The highest BCUT2D eigenvalue weighted by molar-refractivity contribution is 6.34. The summed E-state index contributed by atoms with van der Waals surface area (Å²) in [6, 6.07) is 4.44. The summed E-state index contributed by atoms with van der Waals surface area (Å²) in [6.45, 7) is 0. The van der Waals surface area contributed by atoms with E-state index in [1.807, 2.05) is 0 Å². The van der Waals surface area contributed by atoms with Gasteiger partial charge in [0.1, 0.15) is 17.9 Å². The lowest BCUT2D eigenvalue weighted by atomic mass is 9.77. The van der Waals surface area contributed by atoms with Crippen molar-refractivity contribution in [2.24, 2.45) is 0 Å². The minimum atomic E-state index is -4.76. The van der Waals surface area contributed by atoms with Crippen LogP contribution in [0, 0.1) is 0 Å². The molecule has 1 aliphatic carbocycles. The number of amides is 1. The first-order valence-corrected chi connectivity index (χ1v) is 9.29. The van der Waals surface area contributed by atoms with Crippen LogP contribution in [0.4, 0.5) is 17.6 Å². The highest BCUT2D eigenvalue weighted by Gasteiger charge is 2.43. The smallest absolute Gasteiger partial charge is 0.387 e. The van der Waals surface area contributed by atoms with E-state index in [0.717, 1.165) is 6.20 Å². The van der Waals surface area contributed by atoms with Crippen molar-refractivity contribution in [3.63, 3.8) is 0 Å². The van der Waals surface area contributed by atoms with Crippen LogP contribution >= 0.6 is 11.6 Å². The number of halogens is 5. The van der Waals surface area contributed by atoms with Gasteiger partial charge in [0.2, 0.25) is 0 Å². The van der Waals surface area contributed by atoms with Gasteiger partial charge >= 0.3 is 6.18 Å². The molecule has 1 atom stereocenters. The van der Waals surface area contributed by atoms with Crippen molar-refractivity contribution in [1.29, 1.82) is 0 Å². The number of carbonyl (C=O) groups excluding carboxylic acids is 1. The third-order valence-electron chi connectivity index (χ3n) is 4.99. The number of aliphatic hydroxyl groups is 1. The summed E-state index contributed by atoms with van der Waals surface area (Å²) in [6.07, 6.45) is -3.23. The Kier molecular flexibility index (Phi) is 6.09. The van der Waals surface area contributed by atoms with Gasteiger partial charge in [0.25, 0.3) is 5.91 Å². The molecule has 1 fully saturated rings. The Bertz CT molecular complexity index is 872. The third-order valence-corrected chi connectivity index (χ3v) is 5.37. The zero-order valence-electron chi connectivity index (χ0n) is 15.1. The first-order chi connectivity index (χ1) is 13.6. The largest absolute Gasteiger partial charge is 0.417 e.